The van der Waals surface area contributed by atoms with Crippen molar-refractivity contribution >= 4 is 0 Å². The maximum absolute atomic E-state index is 10.5. The molecule has 156 valence electrons. The highest BCUT2D eigenvalue weighted by Gasteiger charge is 2.48. The minimum Gasteiger partial charge on any atom is -0.393 e. The maximum Gasteiger partial charge on any atom is 0.157 e. The van der Waals surface area contributed by atoms with Crippen molar-refractivity contribution < 1.29 is 24.4 Å². The molecule has 0 spiro atoms. The Morgan fingerprint density at radius 3 is 2.71 bits per heavy atom. The van der Waals surface area contributed by atoms with E-state index in [0.29, 0.717) is 12.8 Å². The summed E-state index contributed by atoms with van der Waals surface area (Å²) in [6, 6.07) is 10.5. The van der Waals surface area contributed by atoms with E-state index < -0.39 is 6.29 Å². The quantitative estimate of drug-likeness (QED) is 0.712. The lowest BCUT2D eigenvalue weighted by molar-refractivity contribution is -0.191. The first-order valence-corrected chi connectivity index (χ1v) is 11.0. The molecule has 3 aliphatic rings. The van der Waals surface area contributed by atoms with Crippen molar-refractivity contribution in [2.45, 2.75) is 88.7 Å². The van der Waals surface area contributed by atoms with Crippen LogP contribution >= 0.6 is 0 Å². The number of aliphatic hydroxyl groups is 2. The molecule has 5 heteroatoms. The monoisotopic (exact) mass is 390 g/mol. The average Bonchev–Trinajstić information content (AvgIpc) is 3.20. The number of ether oxygens (including phenoxy) is 3. The number of aliphatic hydroxyl groups excluding tert-OH is 2. The van der Waals surface area contributed by atoms with Crippen molar-refractivity contribution in [2.24, 2.45) is 11.8 Å². The highest BCUT2D eigenvalue weighted by Crippen LogP contribution is 2.45. The first-order valence-electron chi connectivity index (χ1n) is 11.0. The highest BCUT2D eigenvalue weighted by molar-refractivity contribution is 5.14. The summed E-state index contributed by atoms with van der Waals surface area (Å²) in [6.45, 7) is 0.788. The van der Waals surface area contributed by atoms with Gasteiger partial charge in [0.15, 0.2) is 12.6 Å². The molecule has 2 N–H and O–H groups in total. The molecule has 1 aliphatic carbocycles. The Morgan fingerprint density at radius 2 is 1.93 bits per heavy atom. The van der Waals surface area contributed by atoms with Crippen LogP contribution in [0.4, 0.5) is 0 Å². The summed E-state index contributed by atoms with van der Waals surface area (Å²) in [5, 5.41) is 20.3. The summed E-state index contributed by atoms with van der Waals surface area (Å²) in [4.78, 5) is 0. The molecule has 0 amide bonds. The first-order chi connectivity index (χ1) is 13.7. The van der Waals surface area contributed by atoms with E-state index in [1.165, 1.54) is 5.56 Å². The second-order valence-electron chi connectivity index (χ2n) is 8.65. The fourth-order valence-electron chi connectivity index (χ4n) is 5.19. The third-order valence-corrected chi connectivity index (χ3v) is 6.70. The fourth-order valence-corrected chi connectivity index (χ4v) is 5.19. The molecule has 2 saturated heterocycles. The lowest BCUT2D eigenvalue weighted by Gasteiger charge is -2.29. The standard InChI is InChI=1S/C23H34O5/c24-20-15-21-19(14-22(25)28-21)18(20)12-11-17(27-23-8-4-5-13-26-23)10-9-16-6-2-1-3-7-16/h1-3,6-7,17-25H,4-5,8-15H2/t17-,18+,19+,20+,21+,22+,23?/m0/s1. The van der Waals surface area contributed by atoms with E-state index in [-0.39, 0.29) is 36.4 Å². The van der Waals surface area contributed by atoms with Gasteiger partial charge in [0, 0.05) is 19.4 Å². The zero-order valence-electron chi connectivity index (χ0n) is 16.6. The Hall–Kier alpha value is -0.980. The molecule has 2 heterocycles. The van der Waals surface area contributed by atoms with Crippen molar-refractivity contribution in [3.63, 3.8) is 0 Å². The van der Waals surface area contributed by atoms with Crippen LogP contribution in [0.25, 0.3) is 0 Å². The summed E-state index contributed by atoms with van der Waals surface area (Å²) in [5.74, 6) is 0.461. The number of hydrogen-bond donors (Lipinski definition) is 2. The van der Waals surface area contributed by atoms with E-state index in [0.717, 1.165) is 51.6 Å². The van der Waals surface area contributed by atoms with Gasteiger partial charge in [-0.2, -0.15) is 0 Å². The SMILES string of the molecule is O[C@@H]1C[C@H]2O[C@@H](O)C[C@@H]2[C@H]1CC[C@H](CCc1ccccc1)OC1CCCCO1. The smallest absolute Gasteiger partial charge is 0.157 e. The topological polar surface area (TPSA) is 68.2 Å². The molecule has 0 bridgehead atoms. The maximum atomic E-state index is 10.5. The number of hydrogen-bond acceptors (Lipinski definition) is 5. The second-order valence-corrected chi connectivity index (χ2v) is 8.65. The van der Waals surface area contributed by atoms with Gasteiger partial charge in [0.05, 0.1) is 18.3 Å². The van der Waals surface area contributed by atoms with Crippen molar-refractivity contribution in [2.75, 3.05) is 6.61 Å². The number of rotatable bonds is 8. The molecular formula is C23H34O5. The van der Waals surface area contributed by atoms with Gasteiger partial charge in [0.1, 0.15) is 0 Å². The lowest BCUT2D eigenvalue weighted by atomic mass is 9.86. The van der Waals surface area contributed by atoms with Gasteiger partial charge >= 0.3 is 0 Å². The van der Waals surface area contributed by atoms with Crippen LogP contribution in [0.2, 0.25) is 0 Å². The minimum atomic E-state index is -0.661. The van der Waals surface area contributed by atoms with E-state index in [2.05, 4.69) is 24.3 Å². The van der Waals surface area contributed by atoms with E-state index >= 15 is 0 Å². The van der Waals surface area contributed by atoms with Gasteiger partial charge in [-0.3, -0.25) is 0 Å². The molecule has 0 aromatic heterocycles. The predicted molar refractivity (Wildman–Crippen MR) is 106 cm³/mol. The van der Waals surface area contributed by atoms with Gasteiger partial charge in [-0.05, 0) is 62.3 Å². The van der Waals surface area contributed by atoms with Crippen LogP contribution in [0.15, 0.2) is 30.3 Å². The molecule has 1 unspecified atom stereocenters. The third kappa shape index (κ3) is 5.14. The molecule has 3 fully saturated rings. The molecule has 2 aliphatic heterocycles. The van der Waals surface area contributed by atoms with Crippen LogP contribution < -0.4 is 0 Å². The molecule has 1 saturated carbocycles. The van der Waals surface area contributed by atoms with Gasteiger partial charge in [0.2, 0.25) is 0 Å². The zero-order valence-corrected chi connectivity index (χ0v) is 16.6. The van der Waals surface area contributed by atoms with Gasteiger partial charge in [-0.15, -0.1) is 0 Å². The minimum absolute atomic E-state index is 0.0142. The Bertz CT molecular complexity index is 588. The van der Waals surface area contributed by atoms with Crippen LogP contribution in [-0.4, -0.2) is 47.7 Å². The fraction of sp³-hybridized carbons (Fsp3) is 0.739. The summed E-state index contributed by atoms with van der Waals surface area (Å²) < 4.78 is 17.7. The predicted octanol–water partition coefficient (Wildman–Crippen LogP) is 3.42. The first kappa shape index (κ1) is 20.3. The Morgan fingerprint density at radius 1 is 1.07 bits per heavy atom. The van der Waals surface area contributed by atoms with Crippen LogP contribution in [0.1, 0.15) is 56.9 Å². The van der Waals surface area contributed by atoms with Gasteiger partial charge in [-0.25, -0.2) is 0 Å². The van der Waals surface area contributed by atoms with E-state index in [9.17, 15) is 10.2 Å². The molecule has 1 aromatic carbocycles. The average molecular weight is 391 g/mol. The summed E-state index contributed by atoms with van der Waals surface area (Å²) >= 11 is 0. The molecule has 5 nitrogen and oxygen atoms in total. The molecule has 1 aromatic rings. The van der Waals surface area contributed by atoms with Crippen molar-refractivity contribution in [3.8, 4) is 0 Å². The van der Waals surface area contributed by atoms with E-state index in [1.807, 2.05) is 6.07 Å². The lowest BCUT2D eigenvalue weighted by Crippen LogP contribution is -2.30. The largest absolute Gasteiger partial charge is 0.393 e. The second kappa shape index (κ2) is 9.68. The summed E-state index contributed by atoms with van der Waals surface area (Å²) in [5.41, 5.74) is 1.33. The van der Waals surface area contributed by atoms with Gasteiger partial charge < -0.3 is 24.4 Å². The Balaban J connectivity index is 1.33. The molecule has 28 heavy (non-hydrogen) atoms. The normalized spacial score (nSPS) is 36.4. The van der Waals surface area contributed by atoms with Crippen LogP contribution in [-0.2, 0) is 20.6 Å². The number of aryl methyl sites for hydroxylation is 1. The van der Waals surface area contributed by atoms with Crippen molar-refractivity contribution in [1.29, 1.82) is 0 Å². The van der Waals surface area contributed by atoms with Crippen LogP contribution in [0.3, 0.4) is 0 Å². The molecule has 0 radical (unpaired) electrons. The Labute approximate surface area is 168 Å². The molecule has 4 rings (SSSR count). The molecule has 7 atom stereocenters. The number of fused-ring (bicyclic) bond motifs is 1. The number of benzene rings is 1. The third-order valence-electron chi connectivity index (χ3n) is 6.70. The Kier molecular flexibility index (Phi) is 7.02. The summed E-state index contributed by atoms with van der Waals surface area (Å²) in [6.07, 6.45) is 7.37. The van der Waals surface area contributed by atoms with Gasteiger partial charge in [-0.1, -0.05) is 30.3 Å². The van der Waals surface area contributed by atoms with Crippen molar-refractivity contribution in [3.05, 3.63) is 35.9 Å². The van der Waals surface area contributed by atoms with Crippen molar-refractivity contribution in [1.82, 2.24) is 0 Å². The van der Waals surface area contributed by atoms with Crippen LogP contribution in [0.5, 0.6) is 0 Å². The zero-order chi connectivity index (χ0) is 19.3. The van der Waals surface area contributed by atoms with Gasteiger partial charge in [0.25, 0.3) is 0 Å². The highest BCUT2D eigenvalue weighted by atomic mass is 16.7. The van der Waals surface area contributed by atoms with E-state index in [1.54, 1.807) is 0 Å². The summed E-state index contributed by atoms with van der Waals surface area (Å²) in [7, 11) is 0. The van der Waals surface area contributed by atoms with Crippen LogP contribution in [0, 0.1) is 11.8 Å². The van der Waals surface area contributed by atoms with E-state index in [4.69, 9.17) is 14.2 Å². The molecular weight excluding hydrogens is 356 g/mol.